The van der Waals surface area contributed by atoms with E-state index >= 15 is 0 Å². The van der Waals surface area contributed by atoms with Crippen LogP contribution in [0, 0.1) is 5.92 Å². The third-order valence-electron chi connectivity index (χ3n) is 3.59. The van der Waals surface area contributed by atoms with Crippen LogP contribution in [0.1, 0.15) is 12.8 Å². The summed E-state index contributed by atoms with van der Waals surface area (Å²) >= 11 is 0. The average molecular weight is 254 g/mol. The van der Waals surface area contributed by atoms with Gasteiger partial charge in [-0.05, 0) is 38.9 Å². The summed E-state index contributed by atoms with van der Waals surface area (Å²) in [5, 5.41) is 5.98. The maximum atomic E-state index is 11.9. The summed E-state index contributed by atoms with van der Waals surface area (Å²) in [6.07, 6.45) is 2.34. The van der Waals surface area contributed by atoms with Gasteiger partial charge >= 0.3 is 6.03 Å². The first-order valence-corrected chi connectivity index (χ1v) is 6.64. The molecule has 3 amide bonds. The highest BCUT2D eigenvalue weighted by Crippen LogP contribution is 2.12. The van der Waals surface area contributed by atoms with Gasteiger partial charge in [-0.25, -0.2) is 4.79 Å². The quantitative estimate of drug-likeness (QED) is 0.708. The van der Waals surface area contributed by atoms with Crippen molar-refractivity contribution in [1.29, 1.82) is 0 Å². The highest BCUT2D eigenvalue weighted by molar-refractivity contribution is 5.96. The van der Waals surface area contributed by atoms with Crippen molar-refractivity contribution in [2.24, 2.45) is 5.92 Å². The number of piperidine rings is 1. The number of urea groups is 1. The van der Waals surface area contributed by atoms with Gasteiger partial charge in [-0.3, -0.25) is 14.6 Å². The molecule has 6 heteroatoms. The molecule has 2 aliphatic rings. The second kappa shape index (κ2) is 6.15. The van der Waals surface area contributed by atoms with E-state index in [2.05, 4.69) is 10.6 Å². The predicted octanol–water partition coefficient (Wildman–Crippen LogP) is -0.530. The third-order valence-corrected chi connectivity index (χ3v) is 3.59. The first-order valence-electron chi connectivity index (χ1n) is 6.64. The fourth-order valence-corrected chi connectivity index (χ4v) is 2.60. The van der Waals surface area contributed by atoms with Crippen LogP contribution >= 0.6 is 0 Å². The molecule has 0 unspecified atom stereocenters. The number of rotatable bonds is 4. The van der Waals surface area contributed by atoms with Crippen molar-refractivity contribution < 1.29 is 9.59 Å². The topological polar surface area (TPSA) is 64.7 Å². The zero-order valence-electron chi connectivity index (χ0n) is 10.9. The molecule has 2 saturated heterocycles. The largest absolute Gasteiger partial charge is 0.336 e. The summed E-state index contributed by atoms with van der Waals surface area (Å²) in [4.78, 5) is 26.6. The first kappa shape index (κ1) is 13.3. The number of carbonyl (C=O) groups is 2. The van der Waals surface area contributed by atoms with Gasteiger partial charge in [0.1, 0.15) is 0 Å². The van der Waals surface area contributed by atoms with Crippen LogP contribution in [-0.4, -0.2) is 68.1 Å². The molecule has 2 heterocycles. The summed E-state index contributed by atoms with van der Waals surface area (Å²) in [7, 11) is 1.95. The Bertz CT molecular complexity index is 315. The van der Waals surface area contributed by atoms with E-state index in [1.807, 2.05) is 11.9 Å². The lowest BCUT2D eigenvalue weighted by molar-refractivity contribution is -0.128. The van der Waals surface area contributed by atoms with Crippen molar-refractivity contribution in [3.05, 3.63) is 0 Å². The Kier molecular flexibility index (Phi) is 4.54. The van der Waals surface area contributed by atoms with E-state index in [1.54, 1.807) is 0 Å². The van der Waals surface area contributed by atoms with E-state index in [4.69, 9.17) is 0 Å². The number of nitrogens with zero attached hydrogens (tertiary/aromatic N) is 2. The molecule has 0 radical (unpaired) electrons. The van der Waals surface area contributed by atoms with E-state index in [0.29, 0.717) is 25.6 Å². The number of imide groups is 1. The van der Waals surface area contributed by atoms with E-state index in [1.165, 1.54) is 17.7 Å². The molecule has 2 fully saturated rings. The Hall–Kier alpha value is -1.14. The molecule has 0 aromatic heterocycles. The molecule has 0 aliphatic carbocycles. The molecule has 0 spiro atoms. The summed E-state index contributed by atoms with van der Waals surface area (Å²) < 4.78 is 0. The van der Waals surface area contributed by atoms with Crippen molar-refractivity contribution in [3.8, 4) is 0 Å². The van der Waals surface area contributed by atoms with E-state index < -0.39 is 0 Å². The lowest BCUT2D eigenvalue weighted by atomic mass is 9.98. The molecule has 2 N–H and O–H groups in total. The van der Waals surface area contributed by atoms with Gasteiger partial charge in [-0.1, -0.05) is 0 Å². The number of hydrogen-bond acceptors (Lipinski definition) is 4. The fraction of sp³-hybridized carbons (Fsp3) is 0.833. The Morgan fingerprint density at radius 1 is 1.39 bits per heavy atom. The van der Waals surface area contributed by atoms with Crippen LogP contribution in [0.25, 0.3) is 0 Å². The number of hydrogen-bond donors (Lipinski definition) is 2. The van der Waals surface area contributed by atoms with Gasteiger partial charge in [0.05, 0.1) is 6.54 Å². The lowest BCUT2D eigenvalue weighted by Crippen LogP contribution is -2.43. The van der Waals surface area contributed by atoms with Gasteiger partial charge in [0.15, 0.2) is 0 Å². The second-order valence-electron chi connectivity index (χ2n) is 5.17. The molecule has 0 aromatic carbocycles. The number of carbonyl (C=O) groups excluding carboxylic acids is 2. The van der Waals surface area contributed by atoms with Crippen molar-refractivity contribution in [2.45, 2.75) is 12.8 Å². The molecule has 0 aromatic rings. The first-order chi connectivity index (χ1) is 8.66. The Balaban J connectivity index is 1.74. The minimum absolute atomic E-state index is 0.0959. The molecule has 0 bridgehead atoms. The van der Waals surface area contributed by atoms with Crippen LogP contribution in [0.5, 0.6) is 0 Å². The Morgan fingerprint density at radius 2 is 2.11 bits per heavy atom. The normalized spacial score (nSPS) is 21.4. The summed E-state index contributed by atoms with van der Waals surface area (Å²) in [5.41, 5.74) is 0. The molecule has 0 saturated carbocycles. The molecule has 102 valence electrons. The van der Waals surface area contributed by atoms with E-state index in [9.17, 15) is 9.59 Å². The highest BCUT2D eigenvalue weighted by Gasteiger charge is 2.27. The molecular weight excluding hydrogens is 232 g/mol. The highest BCUT2D eigenvalue weighted by atomic mass is 16.2. The molecule has 2 aliphatic heterocycles. The lowest BCUT2D eigenvalue weighted by Gasteiger charge is -2.27. The molecule has 6 nitrogen and oxygen atoms in total. The molecule has 2 rings (SSSR count). The minimum atomic E-state index is -0.254. The molecule has 0 atom stereocenters. The van der Waals surface area contributed by atoms with Crippen LogP contribution < -0.4 is 10.6 Å². The molecule has 18 heavy (non-hydrogen) atoms. The van der Waals surface area contributed by atoms with Gasteiger partial charge in [0.2, 0.25) is 5.91 Å². The summed E-state index contributed by atoms with van der Waals surface area (Å²) in [6.45, 7) is 4.48. The zero-order valence-corrected chi connectivity index (χ0v) is 10.9. The van der Waals surface area contributed by atoms with Crippen LogP contribution in [0.15, 0.2) is 0 Å². The zero-order chi connectivity index (χ0) is 13.0. The number of likely N-dealkylation sites (N-methyl/N-ethyl adjacent to an activating group) is 1. The summed E-state index contributed by atoms with van der Waals surface area (Å²) in [6, 6.07) is -0.254. The third kappa shape index (κ3) is 3.43. The maximum absolute atomic E-state index is 11.9. The van der Waals surface area contributed by atoms with Crippen molar-refractivity contribution in [3.63, 3.8) is 0 Å². The molecular formula is C12H22N4O2. The van der Waals surface area contributed by atoms with Crippen LogP contribution in [0.3, 0.4) is 0 Å². The van der Waals surface area contributed by atoms with E-state index in [-0.39, 0.29) is 11.9 Å². The Labute approximate surface area is 108 Å². The van der Waals surface area contributed by atoms with Crippen LogP contribution in [0.4, 0.5) is 4.79 Å². The monoisotopic (exact) mass is 254 g/mol. The van der Waals surface area contributed by atoms with Gasteiger partial charge in [0.25, 0.3) is 0 Å². The average Bonchev–Trinajstić information content (AvgIpc) is 2.76. The SMILES string of the molecule is CN(CC(=O)N1CCNC1=O)CC1CCNCC1. The van der Waals surface area contributed by atoms with Crippen molar-refractivity contribution in [1.82, 2.24) is 20.4 Å². The van der Waals surface area contributed by atoms with Gasteiger partial charge in [0, 0.05) is 19.6 Å². The number of amides is 3. The minimum Gasteiger partial charge on any atom is -0.336 e. The summed E-state index contributed by atoms with van der Waals surface area (Å²) in [5.74, 6) is 0.567. The standard InChI is InChI=1S/C12H22N4O2/c1-15(8-10-2-4-13-5-3-10)9-11(17)16-7-6-14-12(16)18/h10,13H,2-9H2,1H3,(H,14,18). The smallest absolute Gasteiger partial charge is 0.324 e. The van der Waals surface area contributed by atoms with Crippen molar-refractivity contribution in [2.75, 3.05) is 46.3 Å². The number of nitrogens with one attached hydrogen (secondary N) is 2. The fourth-order valence-electron chi connectivity index (χ4n) is 2.60. The van der Waals surface area contributed by atoms with Crippen LogP contribution in [0.2, 0.25) is 0 Å². The van der Waals surface area contributed by atoms with E-state index in [0.717, 1.165) is 19.6 Å². The predicted molar refractivity (Wildman–Crippen MR) is 68.2 cm³/mol. The second-order valence-corrected chi connectivity index (χ2v) is 5.17. The van der Waals surface area contributed by atoms with Gasteiger partial charge in [-0.2, -0.15) is 0 Å². The van der Waals surface area contributed by atoms with Gasteiger partial charge < -0.3 is 10.6 Å². The van der Waals surface area contributed by atoms with Gasteiger partial charge in [-0.15, -0.1) is 0 Å². The Morgan fingerprint density at radius 3 is 2.72 bits per heavy atom. The van der Waals surface area contributed by atoms with Crippen LogP contribution in [-0.2, 0) is 4.79 Å². The van der Waals surface area contributed by atoms with Crippen molar-refractivity contribution >= 4 is 11.9 Å². The maximum Gasteiger partial charge on any atom is 0.324 e.